The van der Waals surface area contributed by atoms with Crippen molar-refractivity contribution in [3.63, 3.8) is 0 Å². The van der Waals surface area contributed by atoms with Gasteiger partial charge in [-0.25, -0.2) is 4.79 Å². The SMILES string of the molecule is O=c1oc2ccc3c(c2c2cc(Cl)ccc12)OCO3. The first-order valence-corrected chi connectivity index (χ1v) is 6.06. The van der Waals surface area contributed by atoms with E-state index in [2.05, 4.69) is 0 Å². The Kier molecular flexibility index (Phi) is 2.05. The van der Waals surface area contributed by atoms with Crippen LogP contribution in [-0.2, 0) is 0 Å². The van der Waals surface area contributed by atoms with Crippen LogP contribution in [0.2, 0.25) is 5.02 Å². The largest absolute Gasteiger partial charge is 0.454 e. The number of hydrogen-bond acceptors (Lipinski definition) is 4. The van der Waals surface area contributed by atoms with E-state index in [1.807, 2.05) is 0 Å². The van der Waals surface area contributed by atoms with E-state index < -0.39 is 5.63 Å². The molecule has 2 aromatic carbocycles. The number of ether oxygens (including phenoxy) is 2. The minimum atomic E-state index is -0.391. The van der Waals surface area contributed by atoms with Gasteiger partial charge in [-0.3, -0.25) is 0 Å². The van der Waals surface area contributed by atoms with Crippen LogP contribution in [0.4, 0.5) is 0 Å². The highest BCUT2D eigenvalue weighted by Crippen LogP contribution is 2.42. The Balaban J connectivity index is 2.32. The third-order valence-electron chi connectivity index (χ3n) is 3.17. The van der Waals surface area contributed by atoms with E-state index in [1.165, 1.54) is 0 Å². The molecular weight excluding hydrogens is 268 g/mol. The second kappa shape index (κ2) is 3.65. The molecule has 0 spiro atoms. The van der Waals surface area contributed by atoms with E-state index in [9.17, 15) is 4.79 Å². The smallest absolute Gasteiger partial charge is 0.344 e. The second-order valence-electron chi connectivity index (χ2n) is 4.25. The van der Waals surface area contributed by atoms with Crippen molar-refractivity contribution < 1.29 is 13.9 Å². The Morgan fingerprint density at radius 2 is 1.95 bits per heavy atom. The quantitative estimate of drug-likeness (QED) is 0.466. The van der Waals surface area contributed by atoms with Crippen LogP contribution in [0, 0.1) is 0 Å². The third kappa shape index (κ3) is 1.43. The zero-order valence-corrected chi connectivity index (χ0v) is 10.4. The summed E-state index contributed by atoms with van der Waals surface area (Å²) in [6.45, 7) is 0.162. The summed E-state index contributed by atoms with van der Waals surface area (Å²) >= 11 is 6.02. The van der Waals surface area contributed by atoms with E-state index in [-0.39, 0.29) is 6.79 Å². The minimum Gasteiger partial charge on any atom is -0.454 e. The maximum atomic E-state index is 11.9. The maximum Gasteiger partial charge on any atom is 0.344 e. The Labute approximate surface area is 112 Å². The highest BCUT2D eigenvalue weighted by molar-refractivity contribution is 6.31. The molecule has 1 aliphatic heterocycles. The Bertz CT molecular complexity index is 882. The summed E-state index contributed by atoms with van der Waals surface area (Å²) in [4.78, 5) is 11.9. The fraction of sp³-hybridized carbons (Fsp3) is 0.0714. The number of benzene rings is 2. The molecule has 4 rings (SSSR count). The van der Waals surface area contributed by atoms with Crippen LogP contribution in [0.15, 0.2) is 39.5 Å². The average molecular weight is 275 g/mol. The lowest BCUT2D eigenvalue weighted by Gasteiger charge is -2.05. The zero-order valence-electron chi connectivity index (χ0n) is 9.60. The van der Waals surface area contributed by atoms with Crippen LogP contribution in [-0.4, -0.2) is 6.79 Å². The van der Waals surface area contributed by atoms with E-state index in [0.717, 1.165) is 0 Å². The number of hydrogen-bond donors (Lipinski definition) is 0. The summed E-state index contributed by atoms with van der Waals surface area (Å²) in [6.07, 6.45) is 0. The predicted molar refractivity (Wildman–Crippen MR) is 71.1 cm³/mol. The summed E-state index contributed by atoms with van der Waals surface area (Å²) in [5.74, 6) is 1.23. The Hall–Kier alpha value is -2.20. The van der Waals surface area contributed by atoms with Crippen LogP contribution in [0.3, 0.4) is 0 Å². The van der Waals surface area contributed by atoms with Gasteiger partial charge >= 0.3 is 5.63 Å². The molecule has 0 saturated carbocycles. The number of halogens is 1. The summed E-state index contributed by atoms with van der Waals surface area (Å²) in [6, 6.07) is 8.47. The molecule has 0 saturated heterocycles. The average Bonchev–Trinajstić information content (AvgIpc) is 2.86. The monoisotopic (exact) mass is 274 g/mol. The molecular formula is C14H7ClO4. The highest BCUT2D eigenvalue weighted by atomic mass is 35.5. The molecule has 0 aliphatic carbocycles. The van der Waals surface area contributed by atoms with Gasteiger partial charge in [0, 0.05) is 10.4 Å². The van der Waals surface area contributed by atoms with Gasteiger partial charge in [-0.2, -0.15) is 0 Å². The van der Waals surface area contributed by atoms with Crippen molar-refractivity contribution >= 4 is 33.3 Å². The normalized spacial score (nSPS) is 13.3. The molecule has 94 valence electrons. The van der Waals surface area contributed by atoms with Gasteiger partial charge < -0.3 is 13.9 Å². The van der Waals surface area contributed by atoms with Crippen LogP contribution in [0.5, 0.6) is 11.5 Å². The minimum absolute atomic E-state index is 0.162. The fourth-order valence-corrected chi connectivity index (χ4v) is 2.52. The van der Waals surface area contributed by atoms with Crippen molar-refractivity contribution in [2.45, 2.75) is 0 Å². The molecule has 5 heteroatoms. The van der Waals surface area contributed by atoms with E-state index in [1.54, 1.807) is 30.3 Å². The fourth-order valence-electron chi connectivity index (χ4n) is 2.35. The molecule has 0 fully saturated rings. The molecule has 0 bridgehead atoms. The first kappa shape index (κ1) is 10.7. The molecule has 0 atom stereocenters. The standard InChI is InChI=1S/C14H7ClO4/c15-7-1-2-8-9(5-7)12-10(19-14(8)16)3-4-11-13(12)18-6-17-11/h1-5H,6H2. The second-order valence-corrected chi connectivity index (χ2v) is 4.69. The summed E-state index contributed by atoms with van der Waals surface area (Å²) in [7, 11) is 0. The van der Waals surface area contributed by atoms with Gasteiger partial charge in [0.2, 0.25) is 6.79 Å². The molecule has 0 radical (unpaired) electrons. The van der Waals surface area contributed by atoms with Gasteiger partial charge in [0.25, 0.3) is 0 Å². The van der Waals surface area contributed by atoms with E-state index in [0.29, 0.717) is 38.3 Å². The molecule has 2 heterocycles. The molecule has 1 aliphatic rings. The van der Waals surface area contributed by atoms with Crippen molar-refractivity contribution in [2.24, 2.45) is 0 Å². The van der Waals surface area contributed by atoms with Crippen molar-refractivity contribution in [3.8, 4) is 11.5 Å². The third-order valence-corrected chi connectivity index (χ3v) is 3.41. The van der Waals surface area contributed by atoms with Crippen molar-refractivity contribution in [3.05, 3.63) is 45.8 Å². The molecule has 1 aromatic heterocycles. The van der Waals surface area contributed by atoms with E-state index in [4.69, 9.17) is 25.5 Å². The van der Waals surface area contributed by atoms with Crippen LogP contribution in [0.1, 0.15) is 0 Å². The lowest BCUT2D eigenvalue weighted by molar-refractivity contribution is 0.175. The van der Waals surface area contributed by atoms with Gasteiger partial charge in [0.1, 0.15) is 5.58 Å². The van der Waals surface area contributed by atoms with Gasteiger partial charge in [-0.1, -0.05) is 11.6 Å². The predicted octanol–water partition coefficient (Wildman–Crippen LogP) is 3.33. The molecule has 0 N–H and O–H groups in total. The van der Waals surface area contributed by atoms with E-state index >= 15 is 0 Å². The lowest BCUT2D eigenvalue weighted by Crippen LogP contribution is -2.00. The van der Waals surface area contributed by atoms with Crippen LogP contribution < -0.4 is 15.1 Å². The topological polar surface area (TPSA) is 48.7 Å². The van der Waals surface area contributed by atoms with Crippen molar-refractivity contribution in [2.75, 3.05) is 6.79 Å². The van der Waals surface area contributed by atoms with Crippen molar-refractivity contribution in [1.29, 1.82) is 0 Å². The molecule has 0 unspecified atom stereocenters. The van der Waals surface area contributed by atoms with Gasteiger partial charge in [0.15, 0.2) is 11.5 Å². The van der Waals surface area contributed by atoms with Crippen molar-refractivity contribution in [1.82, 2.24) is 0 Å². The molecule has 0 amide bonds. The van der Waals surface area contributed by atoms with Gasteiger partial charge in [-0.05, 0) is 30.3 Å². The maximum absolute atomic E-state index is 11.9. The molecule has 19 heavy (non-hydrogen) atoms. The van der Waals surface area contributed by atoms with Gasteiger partial charge in [-0.15, -0.1) is 0 Å². The van der Waals surface area contributed by atoms with Crippen LogP contribution in [0.25, 0.3) is 21.7 Å². The highest BCUT2D eigenvalue weighted by Gasteiger charge is 2.20. The Morgan fingerprint density at radius 3 is 2.84 bits per heavy atom. The zero-order chi connectivity index (χ0) is 13.0. The summed E-state index contributed by atoms with van der Waals surface area (Å²) in [5, 5.41) is 2.45. The molecule has 4 nitrogen and oxygen atoms in total. The lowest BCUT2D eigenvalue weighted by atomic mass is 10.1. The number of rotatable bonds is 0. The first-order chi connectivity index (χ1) is 9.24. The first-order valence-electron chi connectivity index (χ1n) is 5.69. The summed E-state index contributed by atoms with van der Waals surface area (Å²) in [5.41, 5.74) is 0.0713. The summed E-state index contributed by atoms with van der Waals surface area (Å²) < 4.78 is 16.1. The van der Waals surface area contributed by atoms with Crippen LogP contribution >= 0.6 is 11.6 Å². The number of fused-ring (bicyclic) bond motifs is 5. The van der Waals surface area contributed by atoms with Gasteiger partial charge in [0.05, 0.1) is 10.8 Å². The Morgan fingerprint density at radius 1 is 1.05 bits per heavy atom. The molecule has 3 aromatic rings.